The van der Waals surface area contributed by atoms with Crippen LogP contribution in [0, 0.1) is 5.82 Å². The van der Waals surface area contributed by atoms with Crippen LogP contribution in [0.4, 0.5) is 10.2 Å². The maximum absolute atomic E-state index is 13.4. The Morgan fingerprint density at radius 3 is 2.85 bits per heavy atom. The number of H-pyrrole nitrogens is 2. The monoisotopic (exact) mass is 270 g/mol. The molecule has 0 aliphatic heterocycles. The minimum absolute atomic E-state index is 0.176. The molecular weight excluding hydrogens is 259 g/mol. The average molecular weight is 270 g/mol. The molecule has 0 radical (unpaired) electrons. The van der Waals surface area contributed by atoms with Gasteiger partial charge in [0.25, 0.3) is 0 Å². The zero-order valence-electron chi connectivity index (χ0n) is 10.4. The summed E-state index contributed by atoms with van der Waals surface area (Å²) >= 11 is 0. The first kappa shape index (κ1) is 12.2. The smallest absolute Gasteiger partial charge is 0.190 e. The number of pyridine rings is 1. The van der Waals surface area contributed by atoms with Crippen molar-refractivity contribution in [3.05, 3.63) is 58.8 Å². The first-order chi connectivity index (χ1) is 9.66. The minimum atomic E-state index is -0.379. The van der Waals surface area contributed by atoms with Gasteiger partial charge in [0.05, 0.1) is 16.8 Å². The number of nitrogen functional groups attached to an aromatic ring is 1. The van der Waals surface area contributed by atoms with Crippen LogP contribution in [0.2, 0.25) is 0 Å². The molecule has 5 nitrogen and oxygen atoms in total. The number of anilines is 1. The van der Waals surface area contributed by atoms with Gasteiger partial charge in [-0.3, -0.25) is 9.89 Å². The summed E-state index contributed by atoms with van der Waals surface area (Å²) in [5.74, 6) is -0.162. The first-order valence-corrected chi connectivity index (χ1v) is 5.94. The van der Waals surface area contributed by atoms with Crippen molar-refractivity contribution in [2.75, 3.05) is 5.73 Å². The highest BCUT2D eigenvalue weighted by atomic mass is 19.1. The van der Waals surface area contributed by atoms with Crippen molar-refractivity contribution in [3.63, 3.8) is 0 Å². The summed E-state index contributed by atoms with van der Waals surface area (Å²) in [5, 5.41) is 6.65. The van der Waals surface area contributed by atoms with Crippen LogP contribution < -0.4 is 11.2 Å². The van der Waals surface area contributed by atoms with E-state index in [2.05, 4.69) is 15.2 Å². The predicted octanol–water partition coefficient (Wildman–Crippen LogP) is 2.15. The number of nitrogens with one attached hydrogen (secondary N) is 2. The van der Waals surface area contributed by atoms with Gasteiger partial charge in [0.1, 0.15) is 5.82 Å². The van der Waals surface area contributed by atoms with Gasteiger partial charge in [-0.2, -0.15) is 5.10 Å². The Hall–Kier alpha value is -2.89. The van der Waals surface area contributed by atoms with Crippen LogP contribution in [0.3, 0.4) is 0 Å². The molecule has 0 atom stereocenters. The van der Waals surface area contributed by atoms with Crippen molar-refractivity contribution in [2.45, 2.75) is 0 Å². The number of benzene rings is 1. The van der Waals surface area contributed by atoms with Crippen molar-refractivity contribution in [3.8, 4) is 22.4 Å². The van der Waals surface area contributed by atoms with Gasteiger partial charge in [0.15, 0.2) is 11.2 Å². The van der Waals surface area contributed by atoms with E-state index >= 15 is 0 Å². The third-order valence-electron chi connectivity index (χ3n) is 3.00. The van der Waals surface area contributed by atoms with Crippen LogP contribution >= 0.6 is 0 Å². The van der Waals surface area contributed by atoms with Crippen molar-refractivity contribution < 1.29 is 4.39 Å². The number of aromatic amines is 2. The lowest BCUT2D eigenvalue weighted by molar-refractivity contribution is 0.628. The molecule has 1 aromatic carbocycles. The molecule has 0 amide bonds. The summed E-state index contributed by atoms with van der Waals surface area (Å²) in [7, 11) is 0. The number of nitrogens with two attached hydrogens (primary N) is 1. The SMILES string of the molecule is Nc1n[nH]c(-c2c[nH]ccc2=O)c1-c1cccc(F)c1. The Balaban J connectivity index is 2.26. The number of nitrogens with zero attached hydrogens (tertiary/aromatic N) is 1. The number of hydrogen-bond acceptors (Lipinski definition) is 3. The van der Waals surface area contributed by atoms with E-state index in [0.717, 1.165) is 0 Å². The zero-order chi connectivity index (χ0) is 14.1. The van der Waals surface area contributed by atoms with E-state index in [4.69, 9.17) is 5.73 Å². The molecule has 0 bridgehead atoms. The van der Waals surface area contributed by atoms with Gasteiger partial charge >= 0.3 is 0 Å². The molecule has 2 heterocycles. The third kappa shape index (κ3) is 1.97. The Labute approximate surface area is 113 Å². The number of aromatic nitrogens is 3. The molecule has 100 valence electrons. The lowest BCUT2D eigenvalue weighted by Crippen LogP contribution is -2.03. The molecule has 4 N–H and O–H groups in total. The maximum Gasteiger partial charge on any atom is 0.190 e. The molecule has 0 aliphatic carbocycles. The average Bonchev–Trinajstić information content (AvgIpc) is 2.81. The topological polar surface area (TPSA) is 87.6 Å². The van der Waals surface area contributed by atoms with Crippen molar-refractivity contribution in [1.82, 2.24) is 15.2 Å². The number of hydrogen-bond donors (Lipinski definition) is 3. The largest absolute Gasteiger partial charge is 0.382 e. The molecule has 0 fully saturated rings. The van der Waals surface area contributed by atoms with Crippen LogP contribution in [0.15, 0.2) is 47.5 Å². The second kappa shape index (κ2) is 4.65. The lowest BCUT2D eigenvalue weighted by atomic mass is 10.0. The van der Waals surface area contributed by atoms with Gasteiger partial charge in [-0.15, -0.1) is 0 Å². The first-order valence-electron chi connectivity index (χ1n) is 5.94. The summed E-state index contributed by atoms with van der Waals surface area (Å²) in [6.45, 7) is 0. The van der Waals surface area contributed by atoms with E-state index in [0.29, 0.717) is 22.4 Å². The molecular formula is C14H11FN4O. The Kier molecular flexibility index (Phi) is 2.83. The van der Waals surface area contributed by atoms with E-state index in [1.165, 1.54) is 24.4 Å². The fraction of sp³-hybridized carbons (Fsp3) is 0. The summed E-state index contributed by atoms with van der Waals surface area (Å²) in [6.07, 6.45) is 3.09. The maximum atomic E-state index is 13.4. The van der Waals surface area contributed by atoms with Crippen molar-refractivity contribution in [1.29, 1.82) is 0 Å². The van der Waals surface area contributed by atoms with Gasteiger partial charge in [-0.1, -0.05) is 12.1 Å². The number of halogens is 1. The molecule has 6 heteroatoms. The molecule has 0 spiro atoms. The predicted molar refractivity (Wildman–Crippen MR) is 74.5 cm³/mol. The van der Waals surface area contributed by atoms with Crippen LogP contribution in [0.25, 0.3) is 22.4 Å². The quantitative estimate of drug-likeness (QED) is 0.666. The zero-order valence-corrected chi connectivity index (χ0v) is 10.4. The van der Waals surface area contributed by atoms with Crippen LogP contribution in [-0.4, -0.2) is 15.2 Å². The molecule has 0 aliphatic rings. The second-order valence-corrected chi connectivity index (χ2v) is 4.29. The molecule has 20 heavy (non-hydrogen) atoms. The number of rotatable bonds is 2. The van der Waals surface area contributed by atoms with Crippen LogP contribution in [0.5, 0.6) is 0 Å². The second-order valence-electron chi connectivity index (χ2n) is 4.29. The lowest BCUT2D eigenvalue weighted by Gasteiger charge is -2.04. The summed E-state index contributed by atoms with van der Waals surface area (Å²) in [5.41, 5.74) is 7.60. The minimum Gasteiger partial charge on any atom is -0.382 e. The van der Waals surface area contributed by atoms with Crippen LogP contribution in [-0.2, 0) is 0 Å². The van der Waals surface area contributed by atoms with E-state index in [1.807, 2.05) is 0 Å². The van der Waals surface area contributed by atoms with Gasteiger partial charge in [0.2, 0.25) is 0 Å². The summed E-state index contributed by atoms with van der Waals surface area (Å²) in [4.78, 5) is 14.7. The summed E-state index contributed by atoms with van der Waals surface area (Å²) < 4.78 is 13.4. The Morgan fingerprint density at radius 1 is 1.25 bits per heavy atom. The fourth-order valence-electron chi connectivity index (χ4n) is 2.10. The Bertz CT molecular complexity index is 822. The fourth-order valence-corrected chi connectivity index (χ4v) is 2.10. The molecule has 3 aromatic rings. The van der Waals surface area contributed by atoms with Crippen molar-refractivity contribution >= 4 is 5.82 Å². The highest BCUT2D eigenvalue weighted by Gasteiger charge is 2.16. The van der Waals surface area contributed by atoms with E-state index in [-0.39, 0.29) is 17.1 Å². The molecule has 0 saturated heterocycles. The summed E-state index contributed by atoms with van der Waals surface area (Å²) in [6, 6.07) is 7.39. The van der Waals surface area contributed by atoms with Gasteiger partial charge < -0.3 is 10.7 Å². The molecule has 3 rings (SSSR count). The standard InChI is InChI=1S/C14H11FN4O/c15-9-3-1-2-8(6-9)12-13(18-19-14(12)16)10-7-17-5-4-11(10)20/h1-7H,(H,17,20)(H3,16,18,19). The van der Waals surface area contributed by atoms with Crippen molar-refractivity contribution in [2.24, 2.45) is 0 Å². The van der Waals surface area contributed by atoms with Gasteiger partial charge in [-0.25, -0.2) is 4.39 Å². The van der Waals surface area contributed by atoms with Gasteiger partial charge in [-0.05, 0) is 17.7 Å². The normalized spacial score (nSPS) is 10.7. The third-order valence-corrected chi connectivity index (χ3v) is 3.00. The molecule has 0 saturated carbocycles. The highest BCUT2D eigenvalue weighted by Crippen LogP contribution is 2.33. The highest BCUT2D eigenvalue weighted by molar-refractivity contribution is 5.87. The van der Waals surface area contributed by atoms with Crippen LogP contribution in [0.1, 0.15) is 0 Å². The Morgan fingerprint density at radius 2 is 2.10 bits per heavy atom. The van der Waals surface area contributed by atoms with E-state index < -0.39 is 0 Å². The van der Waals surface area contributed by atoms with E-state index in [1.54, 1.807) is 18.3 Å². The van der Waals surface area contributed by atoms with Gasteiger partial charge in [0, 0.05) is 18.5 Å². The molecule has 2 aromatic heterocycles. The van der Waals surface area contributed by atoms with E-state index in [9.17, 15) is 9.18 Å². The molecule has 0 unspecified atom stereocenters.